The van der Waals surface area contributed by atoms with Crippen LogP contribution in [-0.4, -0.2) is 42.3 Å². The van der Waals surface area contributed by atoms with Crippen molar-refractivity contribution in [2.75, 3.05) is 14.2 Å². The van der Waals surface area contributed by atoms with E-state index in [0.29, 0.717) is 17.5 Å². The van der Waals surface area contributed by atoms with Crippen molar-refractivity contribution in [2.24, 2.45) is 5.92 Å². The predicted molar refractivity (Wildman–Crippen MR) is 143 cm³/mol. The number of rotatable bonds is 9. The molecule has 0 aliphatic heterocycles. The molecule has 4 rings (SSSR count). The molecule has 9 nitrogen and oxygen atoms in total. The monoisotopic (exact) mass is 553 g/mol. The molecule has 0 atom stereocenters. The molecule has 2 heterocycles. The fourth-order valence-electron chi connectivity index (χ4n) is 4.15. The summed E-state index contributed by atoms with van der Waals surface area (Å²) in [5.41, 5.74) is 0.00590. The molecular formula is C28H28FN3O6S. The maximum absolute atomic E-state index is 13.8. The van der Waals surface area contributed by atoms with Crippen molar-refractivity contribution < 1.29 is 27.4 Å². The highest BCUT2D eigenvalue weighted by molar-refractivity contribution is 7.91. The molecule has 0 aliphatic carbocycles. The number of benzene rings is 2. The third kappa shape index (κ3) is 5.49. The van der Waals surface area contributed by atoms with E-state index >= 15 is 0 Å². The molecule has 0 radical (unpaired) electrons. The number of aromatic nitrogens is 3. The van der Waals surface area contributed by atoms with Crippen molar-refractivity contribution in [3.63, 3.8) is 0 Å². The van der Waals surface area contributed by atoms with Gasteiger partial charge in [-0.05, 0) is 54.3 Å². The molecule has 11 heteroatoms. The minimum atomic E-state index is -4.58. The summed E-state index contributed by atoms with van der Waals surface area (Å²) in [4.78, 5) is 19.8. The van der Waals surface area contributed by atoms with Gasteiger partial charge in [0.1, 0.15) is 23.0 Å². The average Bonchev–Trinajstić information content (AvgIpc) is 2.91. The van der Waals surface area contributed by atoms with E-state index in [2.05, 4.69) is 9.97 Å². The summed E-state index contributed by atoms with van der Waals surface area (Å²) in [7, 11) is -1.73. The van der Waals surface area contributed by atoms with E-state index in [9.17, 15) is 22.7 Å². The molecule has 0 unspecified atom stereocenters. The third-order valence-electron chi connectivity index (χ3n) is 6.14. The van der Waals surface area contributed by atoms with Gasteiger partial charge in [-0.1, -0.05) is 32.0 Å². The lowest BCUT2D eigenvalue weighted by atomic mass is 10.1. The Morgan fingerprint density at radius 3 is 2.26 bits per heavy atom. The Hall–Kier alpha value is -4.25. The standard InChI is InChI=1S/C28H28FN3O6S/c1-17(2)11-14-24-31-27(33)26(28(34)32(24)25-21(37-3)9-6-10-22(25)38-4)39(35,36)20-8-5-7-18(15-20)19-12-13-23(29)30-16-19/h5-10,12-13,15-17,34H,11,14H2,1-4H3. The van der Waals surface area contributed by atoms with Gasteiger partial charge in [-0.3, -0.25) is 9.36 Å². The summed E-state index contributed by atoms with van der Waals surface area (Å²) in [5, 5.41) is 11.5. The Bertz CT molecular complexity index is 1650. The number of para-hydroxylation sites is 1. The molecule has 39 heavy (non-hydrogen) atoms. The Morgan fingerprint density at radius 1 is 1.00 bits per heavy atom. The zero-order valence-electron chi connectivity index (χ0n) is 21.9. The van der Waals surface area contributed by atoms with Crippen LogP contribution in [0, 0.1) is 11.9 Å². The van der Waals surface area contributed by atoms with Crippen LogP contribution < -0.4 is 15.0 Å². The molecule has 1 N–H and O–H groups in total. The van der Waals surface area contributed by atoms with E-state index in [-0.39, 0.29) is 40.2 Å². The minimum absolute atomic E-state index is 0.152. The Kier molecular flexibility index (Phi) is 8.01. The fourth-order valence-corrected chi connectivity index (χ4v) is 5.53. The molecule has 0 spiro atoms. The molecular weight excluding hydrogens is 525 g/mol. The molecule has 0 bridgehead atoms. The molecule has 204 valence electrons. The van der Waals surface area contributed by atoms with E-state index in [1.807, 2.05) is 13.8 Å². The second-order valence-electron chi connectivity index (χ2n) is 9.17. The van der Waals surface area contributed by atoms with Crippen LogP contribution in [0.5, 0.6) is 17.4 Å². The number of aromatic hydroxyl groups is 1. The maximum Gasteiger partial charge on any atom is 0.296 e. The summed E-state index contributed by atoms with van der Waals surface area (Å²) in [6, 6.07) is 13.3. The van der Waals surface area contributed by atoms with Crippen molar-refractivity contribution in [1.82, 2.24) is 14.5 Å². The van der Waals surface area contributed by atoms with Crippen LogP contribution >= 0.6 is 0 Å². The summed E-state index contributed by atoms with van der Waals surface area (Å²) in [6.07, 6.45) is 2.16. The second-order valence-corrected chi connectivity index (χ2v) is 11.1. The first kappa shape index (κ1) is 27.8. The van der Waals surface area contributed by atoms with Crippen LogP contribution in [-0.2, 0) is 16.3 Å². The van der Waals surface area contributed by atoms with Crippen molar-refractivity contribution in [1.29, 1.82) is 0 Å². The molecule has 4 aromatic rings. The highest BCUT2D eigenvalue weighted by Crippen LogP contribution is 2.38. The second kappa shape index (κ2) is 11.2. The molecule has 2 aromatic carbocycles. The molecule has 0 amide bonds. The van der Waals surface area contributed by atoms with Crippen molar-refractivity contribution >= 4 is 9.84 Å². The topological polar surface area (TPSA) is 121 Å². The van der Waals surface area contributed by atoms with Gasteiger partial charge in [-0.15, -0.1) is 0 Å². The number of nitrogens with zero attached hydrogens (tertiary/aromatic N) is 3. The van der Waals surface area contributed by atoms with Gasteiger partial charge in [0.05, 0.1) is 19.1 Å². The number of halogens is 1. The number of aryl methyl sites for hydroxylation is 1. The van der Waals surface area contributed by atoms with Crippen molar-refractivity contribution in [2.45, 2.75) is 36.5 Å². The molecule has 2 aromatic heterocycles. The largest absolute Gasteiger partial charge is 0.494 e. The van der Waals surface area contributed by atoms with E-state index < -0.39 is 32.1 Å². The summed E-state index contributed by atoms with van der Waals surface area (Å²) < 4.78 is 53.1. The maximum atomic E-state index is 13.8. The predicted octanol–water partition coefficient (Wildman–Crippen LogP) is 4.58. The lowest BCUT2D eigenvalue weighted by Crippen LogP contribution is -2.25. The zero-order chi connectivity index (χ0) is 28.3. The van der Waals surface area contributed by atoms with Gasteiger partial charge in [0.2, 0.25) is 21.7 Å². The Morgan fingerprint density at radius 2 is 1.67 bits per heavy atom. The minimum Gasteiger partial charge on any atom is -0.494 e. The molecule has 0 fully saturated rings. The van der Waals surface area contributed by atoms with Crippen LogP contribution in [0.15, 0.2) is 75.4 Å². The van der Waals surface area contributed by atoms with Gasteiger partial charge in [-0.2, -0.15) is 9.37 Å². The van der Waals surface area contributed by atoms with Gasteiger partial charge in [0, 0.05) is 18.2 Å². The van der Waals surface area contributed by atoms with Crippen LogP contribution in [0.25, 0.3) is 16.8 Å². The highest BCUT2D eigenvalue weighted by atomic mass is 32.2. The van der Waals surface area contributed by atoms with Crippen LogP contribution in [0.2, 0.25) is 0 Å². The van der Waals surface area contributed by atoms with E-state index in [0.717, 1.165) is 6.07 Å². The summed E-state index contributed by atoms with van der Waals surface area (Å²) in [6.45, 7) is 3.99. The lowest BCUT2D eigenvalue weighted by Gasteiger charge is -2.21. The number of sulfone groups is 1. The van der Waals surface area contributed by atoms with Crippen LogP contribution in [0.4, 0.5) is 4.39 Å². The Balaban J connectivity index is 1.98. The molecule has 0 saturated heterocycles. The zero-order valence-corrected chi connectivity index (χ0v) is 22.7. The summed E-state index contributed by atoms with van der Waals surface area (Å²) >= 11 is 0. The SMILES string of the molecule is COc1cccc(OC)c1-n1c(CCC(C)C)nc(=O)c(S(=O)(=O)c2cccc(-c3ccc(F)nc3)c2)c1O. The number of ether oxygens (including phenoxy) is 2. The highest BCUT2D eigenvalue weighted by Gasteiger charge is 2.32. The van der Waals surface area contributed by atoms with Gasteiger partial charge in [-0.25, -0.2) is 13.4 Å². The van der Waals surface area contributed by atoms with E-state index in [1.165, 1.54) is 49.2 Å². The van der Waals surface area contributed by atoms with Crippen molar-refractivity contribution in [3.8, 4) is 34.2 Å². The first-order valence-electron chi connectivity index (χ1n) is 12.1. The smallest absolute Gasteiger partial charge is 0.296 e. The average molecular weight is 554 g/mol. The van der Waals surface area contributed by atoms with Crippen LogP contribution in [0.1, 0.15) is 26.1 Å². The van der Waals surface area contributed by atoms with Crippen molar-refractivity contribution in [3.05, 3.63) is 82.9 Å². The number of hydrogen-bond donors (Lipinski definition) is 1. The molecule has 0 aliphatic rings. The van der Waals surface area contributed by atoms with Crippen LogP contribution in [0.3, 0.4) is 0 Å². The summed E-state index contributed by atoms with van der Waals surface area (Å²) in [5.74, 6) is -0.554. The first-order chi connectivity index (χ1) is 18.6. The number of hydrogen-bond acceptors (Lipinski definition) is 8. The number of pyridine rings is 1. The quantitative estimate of drug-likeness (QED) is 0.299. The fraction of sp³-hybridized carbons (Fsp3) is 0.250. The molecule has 0 saturated carbocycles. The Labute approximate surface area is 225 Å². The lowest BCUT2D eigenvalue weighted by molar-refractivity contribution is 0.373. The van der Waals surface area contributed by atoms with E-state index in [4.69, 9.17) is 9.47 Å². The van der Waals surface area contributed by atoms with E-state index in [1.54, 1.807) is 24.3 Å². The van der Waals surface area contributed by atoms with Gasteiger partial charge in [0.15, 0.2) is 4.90 Å². The van der Waals surface area contributed by atoms with Gasteiger partial charge >= 0.3 is 0 Å². The van der Waals surface area contributed by atoms with Gasteiger partial charge in [0.25, 0.3) is 5.56 Å². The number of methoxy groups -OCH3 is 2. The first-order valence-corrected chi connectivity index (χ1v) is 13.6. The third-order valence-corrected chi connectivity index (χ3v) is 7.91. The normalized spacial score (nSPS) is 11.5. The van der Waals surface area contributed by atoms with Gasteiger partial charge < -0.3 is 14.6 Å².